The first-order valence-electron chi connectivity index (χ1n) is 6.22. The molecule has 0 bridgehead atoms. The van der Waals surface area contributed by atoms with E-state index < -0.39 is 43.1 Å². The number of nitrogens with two attached hydrogens (primary N) is 1. The topological polar surface area (TPSA) is 60.2 Å². The van der Waals surface area contributed by atoms with Crippen molar-refractivity contribution in [2.75, 3.05) is 5.73 Å². The highest BCUT2D eigenvalue weighted by Gasteiger charge is 2.38. The fraction of sp³-hybridized carbons (Fsp3) is 0.143. The van der Waals surface area contributed by atoms with Crippen LogP contribution in [0.25, 0.3) is 0 Å². The fourth-order valence-electron chi connectivity index (χ4n) is 1.90. The van der Waals surface area contributed by atoms with E-state index in [0.29, 0.717) is 0 Å². The van der Waals surface area contributed by atoms with Crippen molar-refractivity contribution in [2.24, 2.45) is 0 Å². The minimum absolute atomic E-state index is 0.000837. The summed E-state index contributed by atoms with van der Waals surface area (Å²) in [5.74, 6) is 0. The first kappa shape index (κ1) is 18.1. The molecule has 2 aromatic rings. The Balaban J connectivity index is 2.74. The lowest BCUT2D eigenvalue weighted by Gasteiger charge is -2.14. The standard InChI is InChI=1S/C14H9F6NO2S/c15-13(16,17)8-4-9(14(18,19)20)6-12(5-8)24(22,23)11-3-1-2-10(21)7-11/h1-7H,21H2. The summed E-state index contributed by atoms with van der Waals surface area (Å²) in [5, 5.41) is 0. The Labute approximate surface area is 132 Å². The van der Waals surface area contributed by atoms with Crippen molar-refractivity contribution < 1.29 is 34.8 Å². The highest BCUT2D eigenvalue weighted by atomic mass is 32.2. The van der Waals surface area contributed by atoms with Gasteiger partial charge in [-0.3, -0.25) is 0 Å². The summed E-state index contributed by atoms with van der Waals surface area (Å²) < 4.78 is 102. The predicted octanol–water partition coefficient (Wildman–Crippen LogP) is 4.14. The van der Waals surface area contributed by atoms with Gasteiger partial charge in [0.15, 0.2) is 0 Å². The molecule has 2 N–H and O–H groups in total. The number of nitrogen functional groups attached to an aromatic ring is 1. The Morgan fingerprint density at radius 1 is 0.750 bits per heavy atom. The molecule has 0 radical (unpaired) electrons. The molecule has 0 unspecified atom stereocenters. The molecule has 0 atom stereocenters. The summed E-state index contributed by atoms with van der Waals surface area (Å²) in [6, 6.07) is 4.70. The molecule has 10 heteroatoms. The van der Waals surface area contributed by atoms with Gasteiger partial charge in [0.25, 0.3) is 0 Å². The van der Waals surface area contributed by atoms with Crippen LogP contribution in [0.3, 0.4) is 0 Å². The number of hydrogen-bond acceptors (Lipinski definition) is 3. The zero-order valence-electron chi connectivity index (χ0n) is 11.6. The van der Waals surface area contributed by atoms with Crippen molar-refractivity contribution in [1.82, 2.24) is 0 Å². The third-order valence-electron chi connectivity index (χ3n) is 3.04. The maximum atomic E-state index is 12.8. The number of sulfone groups is 1. The van der Waals surface area contributed by atoms with Gasteiger partial charge in [-0.05, 0) is 36.4 Å². The molecule has 0 aromatic heterocycles. The summed E-state index contributed by atoms with van der Waals surface area (Å²) in [5.41, 5.74) is 1.99. The van der Waals surface area contributed by atoms with Gasteiger partial charge in [0.1, 0.15) is 0 Å². The van der Waals surface area contributed by atoms with Crippen LogP contribution in [0.15, 0.2) is 52.3 Å². The first-order chi connectivity index (χ1) is 10.8. The van der Waals surface area contributed by atoms with E-state index in [-0.39, 0.29) is 23.9 Å². The summed E-state index contributed by atoms with van der Waals surface area (Å²) in [6.07, 6.45) is -10.3. The molecular weight excluding hydrogens is 360 g/mol. The van der Waals surface area contributed by atoms with Gasteiger partial charge >= 0.3 is 12.4 Å². The fourth-order valence-corrected chi connectivity index (χ4v) is 3.28. The van der Waals surface area contributed by atoms with Crippen LogP contribution in [0, 0.1) is 0 Å². The Hall–Kier alpha value is -2.23. The minimum atomic E-state index is -5.14. The number of hydrogen-bond donors (Lipinski definition) is 1. The molecule has 0 heterocycles. The maximum absolute atomic E-state index is 12.8. The molecule has 0 fully saturated rings. The van der Waals surface area contributed by atoms with Crippen molar-refractivity contribution >= 4 is 15.5 Å². The molecule has 0 saturated heterocycles. The maximum Gasteiger partial charge on any atom is 0.416 e. The van der Waals surface area contributed by atoms with Crippen LogP contribution in [0.1, 0.15) is 11.1 Å². The smallest absolute Gasteiger partial charge is 0.399 e. The SMILES string of the molecule is Nc1cccc(S(=O)(=O)c2cc(C(F)(F)F)cc(C(F)(F)F)c2)c1. The van der Waals surface area contributed by atoms with Gasteiger partial charge in [-0.1, -0.05) is 6.07 Å². The summed E-state index contributed by atoms with van der Waals surface area (Å²) in [4.78, 5) is -1.62. The molecular formula is C14H9F6NO2S. The second-order valence-electron chi connectivity index (χ2n) is 4.82. The van der Waals surface area contributed by atoms with Gasteiger partial charge < -0.3 is 5.73 Å². The van der Waals surface area contributed by atoms with E-state index in [1.165, 1.54) is 12.1 Å². The molecule has 0 aliphatic heterocycles. The highest BCUT2D eigenvalue weighted by molar-refractivity contribution is 7.91. The van der Waals surface area contributed by atoms with Crippen LogP contribution in [0.4, 0.5) is 32.0 Å². The molecule has 2 aromatic carbocycles. The lowest BCUT2D eigenvalue weighted by Crippen LogP contribution is -2.13. The van der Waals surface area contributed by atoms with E-state index in [9.17, 15) is 34.8 Å². The molecule has 130 valence electrons. The highest BCUT2D eigenvalue weighted by Crippen LogP contribution is 2.38. The minimum Gasteiger partial charge on any atom is -0.399 e. The summed E-state index contributed by atoms with van der Waals surface area (Å²) >= 11 is 0. The summed E-state index contributed by atoms with van der Waals surface area (Å²) in [7, 11) is -4.61. The third-order valence-corrected chi connectivity index (χ3v) is 4.77. The van der Waals surface area contributed by atoms with Gasteiger partial charge in [-0.15, -0.1) is 0 Å². The number of halogens is 6. The van der Waals surface area contributed by atoms with Gasteiger partial charge in [-0.2, -0.15) is 26.3 Å². The lowest BCUT2D eigenvalue weighted by atomic mass is 10.1. The van der Waals surface area contributed by atoms with Crippen molar-refractivity contribution in [2.45, 2.75) is 22.1 Å². The first-order valence-corrected chi connectivity index (χ1v) is 7.70. The predicted molar refractivity (Wildman–Crippen MR) is 72.8 cm³/mol. The Bertz CT molecular complexity index is 839. The molecule has 24 heavy (non-hydrogen) atoms. The average molecular weight is 369 g/mol. The normalized spacial score (nSPS) is 13.1. The van der Waals surface area contributed by atoms with E-state index in [1.54, 1.807) is 0 Å². The van der Waals surface area contributed by atoms with Crippen LogP contribution in [-0.4, -0.2) is 8.42 Å². The van der Waals surface area contributed by atoms with Crippen molar-refractivity contribution in [3.05, 3.63) is 53.6 Å². The average Bonchev–Trinajstić information content (AvgIpc) is 2.45. The van der Waals surface area contributed by atoms with E-state index in [0.717, 1.165) is 12.1 Å². The molecule has 2 rings (SSSR count). The van der Waals surface area contributed by atoms with Crippen molar-refractivity contribution in [1.29, 1.82) is 0 Å². The van der Waals surface area contributed by atoms with Crippen LogP contribution < -0.4 is 5.73 Å². The molecule has 3 nitrogen and oxygen atoms in total. The van der Waals surface area contributed by atoms with E-state index in [4.69, 9.17) is 5.73 Å². The van der Waals surface area contributed by atoms with E-state index in [1.807, 2.05) is 0 Å². The third kappa shape index (κ3) is 3.64. The van der Waals surface area contributed by atoms with Crippen LogP contribution in [0.5, 0.6) is 0 Å². The number of anilines is 1. The van der Waals surface area contributed by atoms with Crippen molar-refractivity contribution in [3.63, 3.8) is 0 Å². The number of rotatable bonds is 2. The quantitative estimate of drug-likeness (QED) is 0.639. The van der Waals surface area contributed by atoms with Crippen molar-refractivity contribution in [3.8, 4) is 0 Å². The largest absolute Gasteiger partial charge is 0.416 e. The zero-order chi connectivity index (χ0) is 18.3. The molecule has 0 aliphatic rings. The second kappa shape index (κ2) is 5.69. The second-order valence-corrected chi connectivity index (χ2v) is 6.77. The Kier molecular flexibility index (Phi) is 4.29. The monoisotopic (exact) mass is 369 g/mol. The molecule has 0 spiro atoms. The molecule has 0 saturated carbocycles. The van der Waals surface area contributed by atoms with Gasteiger partial charge in [-0.25, -0.2) is 8.42 Å². The van der Waals surface area contributed by atoms with Crippen LogP contribution >= 0.6 is 0 Å². The zero-order valence-corrected chi connectivity index (χ0v) is 12.4. The summed E-state index contributed by atoms with van der Waals surface area (Å²) in [6.45, 7) is 0. The van der Waals surface area contributed by atoms with Crippen LogP contribution in [0.2, 0.25) is 0 Å². The van der Waals surface area contributed by atoms with Gasteiger partial charge in [0.05, 0.1) is 20.9 Å². The molecule has 0 amide bonds. The van der Waals surface area contributed by atoms with Gasteiger partial charge in [0, 0.05) is 5.69 Å². The molecule has 0 aliphatic carbocycles. The Morgan fingerprint density at radius 2 is 1.25 bits per heavy atom. The Morgan fingerprint density at radius 3 is 1.67 bits per heavy atom. The number of benzene rings is 2. The van der Waals surface area contributed by atoms with Gasteiger partial charge in [0.2, 0.25) is 9.84 Å². The van der Waals surface area contributed by atoms with E-state index in [2.05, 4.69) is 0 Å². The number of alkyl halides is 6. The lowest BCUT2D eigenvalue weighted by molar-refractivity contribution is -0.143. The van der Waals surface area contributed by atoms with E-state index >= 15 is 0 Å². The van der Waals surface area contributed by atoms with Crippen LogP contribution in [-0.2, 0) is 22.2 Å².